The molecule has 0 bridgehead atoms. The van der Waals surface area contributed by atoms with Crippen molar-refractivity contribution in [3.63, 3.8) is 0 Å². The molecule has 1 aliphatic heterocycles. The second-order valence-corrected chi connectivity index (χ2v) is 4.89. The fourth-order valence-electron chi connectivity index (χ4n) is 3.40. The SMILES string of the molecule is O=CC1CCCC2(CCC3CC32)O1. The number of carbonyl (C=O) groups excluding carboxylic acids is 1. The molecule has 2 aliphatic carbocycles. The van der Waals surface area contributed by atoms with Gasteiger partial charge in [0.2, 0.25) is 0 Å². The maximum atomic E-state index is 10.7. The molecule has 1 saturated heterocycles. The quantitative estimate of drug-likeness (QED) is 0.576. The maximum absolute atomic E-state index is 10.7. The van der Waals surface area contributed by atoms with Crippen LogP contribution in [-0.2, 0) is 9.53 Å². The van der Waals surface area contributed by atoms with E-state index in [0.717, 1.165) is 24.5 Å². The summed E-state index contributed by atoms with van der Waals surface area (Å²) in [7, 11) is 0. The highest BCUT2D eigenvalue weighted by Crippen LogP contribution is 2.61. The zero-order valence-electron chi connectivity index (χ0n) is 7.87. The third kappa shape index (κ3) is 1.08. The average molecular weight is 180 g/mol. The Balaban J connectivity index is 1.78. The van der Waals surface area contributed by atoms with Gasteiger partial charge in [-0.25, -0.2) is 0 Å². The summed E-state index contributed by atoms with van der Waals surface area (Å²) in [5.41, 5.74) is 0.147. The number of ether oxygens (including phenoxy) is 1. The maximum Gasteiger partial charge on any atom is 0.148 e. The highest BCUT2D eigenvalue weighted by atomic mass is 16.5. The van der Waals surface area contributed by atoms with Gasteiger partial charge in [0.1, 0.15) is 12.4 Å². The van der Waals surface area contributed by atoms with Gasteiger partial charge in [-0.2, -0.15) is 0 Å². The molecule has 0 amide bonds. The number of hydrogen-bond donors (Lipinski definition) is 0. The highest BCUT2D eigenvalue weighted by molar-refractivity contribution is 5.56. The molecular formula is C11H16O2. The number of hydrogen-bond acceptors (Lipinski definition) is 2. The number of rotatable bonds is 1. The summed E-state index contributed by atoms with van der Waals surface area (Å²) in [5.74, 6) is 1.76. The Morgan fingerprint density at radius 3 is 2.85 bits per heavy atom. The van der Waals surface area contributed by atoms with Crippen LogP contribution in [0.25, 0.3) is 0 Å². The molecule has 0 N–H and O–H groups in total. The molecule has 2 saturated carbocycles. The Morgan fingerprint density at radius 2 is 2.23 bits per heavy atom. The largest absolute Gasteiger partial charge is 0.364 e. The topological polar surface area (TPSA) is 26.3 Å². The first-order valence-corrected chi connectivity index (χ1v) is 5.47. The van der Waals surface area contributed by atoms with Crippen molar-refractivity contribution < 1.29 is 9.53 Å². The van der Waals surface area contributed by atoms with Crippen molar-refractivity contribution in [2.75, 3.05) is 0 Å². The predicted octanol–water partition coefficient (Wildman–Crippen LogP) is 1.92. The molecule has 2 nitrogen and oxygen atoms in total. The van der Waals surface area contributed by atoms with Gasteiger partial charge in [0.05, 0.1) is 5.60 Å². The van der Waals surface area contributed by atoms with Crippen molar-refractivity contribution in [3.05, 3.63) is 0 Å². The van der Waals surface area contributed by atoms with Crippen LogP contribution in [0.2, 0.25) is 0 Å². The van der Waals surface area contributed by atoms with Crippen molar-refractivity contribution in [3.8, 4) is 0 Å². The number of aldehydes is 1. The van der Waals surface area contributed by atoms with Crippen LogP contribution in [0.3, 0.4) is 0 Å². The molecule has 4 atom stereocenters. The van der Waals surface area contributed by atoms with Crippen LogP contribution in [-0.4, -0.2) is 18.0 Å². The van der Waals surface area contributed by atoms with Gasteiger partial charge < -0.3 is 9.53 Å². The zero-order chi connectivity index (χ0) is 8.89. The van der Waals surface area contributed by atoms with Gasteiger partial charge in [-0.05, 0) is 50.4 Å². The Bertz CT molecular complexity index is 238. The Hall–Kier alpha value is -0.370. The lowest BCUT2D eigenvalue weighted by Crippen LogP contribution is -2.41. The van der Waals surface area contributed by atoms with Crippen LogP contribution < -0.4 is 0 Å². The standard InChI is InChI=1S/C11H16O2/c12-7-9-2-1-4-11(13-9)5-3-8-6-10(8)11/h7-10H,1-6H2. The second-order valence-electron chi connectivity index (χ2n) is 4.89. The average Bonchev–Trinajstić information content (AvgIpc) is 2.89. The zero-order valence-corrected chi connectivity index (χ0v) is 7.87. The van der Waals surface area contributed by atoms with E-state index in [1.165, 1.54) is 32.1 Å². The minimum absolute atomic E-state index is 0.0897. The molecule has 72 valence electrons. The smallest absolute Gasteiger partial charge is 0.148 e. The van der Waals surface area contributed by atoms with Crippen LogP contribution in [0.5, 0.6) is 0 Å². The Labute approximate surface area is 78.6 Å². The van der Waals surface area contributed by atoms with Gasteiger partial charge in [0, 0.05) is 0 Å². The summed E-state index contributed by atoms with van der Waals surface area (Å²) in [6, 6.07) is 0. The fourth-order valence-corrected chi connectivity index (χ4v) is 3.40. The van der Waals surface area contributed by atoms with Crippen LogP contribution in [0.15, 0.2) is 0 Å². The van der Waals surface area contributed by atoms with Crippen molar-refractivity contribution in [2.24, 2.45) is 11.8 Å². The molecule has 0 aromatic heterocycles. The van der Waals surface area contributed by atoms with E-state index in [2.05, 4.69) is 0 Å². The van der Waals surface area contributed by atoms with Crippen molar-refractivity contribution in [1.29, 1.82) is 0 Å². The van der Waals surface area contributed by atoms with E-state index in [0.29, 0.717) is 0 Å². The van der Waals surface area contributed by atoms with Crippen LogP contribution >= 0.6 is 0 Å². The van der Waals surface area contributed by atoms with E-state index in [-0.39, 0.29) is 11.7 Å². The minimum atomic E-state index is -0.0897. The monoisotopic (exact) mass is 180 g/mol. The van der Waals surface area contributed by atoms with Gasteiger partial charge in [-0.1, -0.05) is 0 Å². The summed E-state index contributed by atoms with van der Waals surface area (Å²) in [5, 5.41) is 0. The van der Waals surface area contributed by atoms with Gasteiger partial charge in [0.25, 0.3) is 0 Å². The summed E-state index contributed by atoms with van der Waals surface area (Å²) in [6.45, 7) is 0. The molecule has 1 heterocycles. The normalized spacial score (nSPS) is 53.4. The van der Waals surface area contributed by atoms with E-state index in [9.17, 15) is 4.79 Å². The van der Waals surface area contributed by atoms with Crippen LogP contribution in [0.4, 0.5) is 0 Å². The van der Waals surface area contributed by atoms with Gasteiger partial charge in [-0.15, -0.1) is 0 Å². The highest BCUT2D eigenvalue weighted by Gasteiger charge is 2.59. The lowest BCUT2D eigenvalue weighted by atomic mass is 9.87. The van der Waals surface area contributed by atoms with Gasteiger partial charge >= 0.3 is 0 Å². The van der Waals surface area contributed by atoms with Gasteiger partial charge in [-0.3, -0.25) is 0 Å². The van der Waals surface area contributed by atoms with E-state index in [1.807, 2.05) is 0 Å². The lowest BCUT2D eigenvalue weighted by molar-refractivity contribution is -0.151. The predicted molar refractivity (Wildman–Crippen MR) is 48.4 cm³/mol. The molecule has 3 fully saturated rings. The first-order valence-electron chi connectivity index (χ1n) is 5.47. The molecule has 13 heavy (non-hydrogen) atoms. The van der Waals surface area contributed by atoms with E-state index < -0.39 is 0 Å². The summed E-state index contributed by atoms with van der Waals surface area (Å²) < 4.78 is 5.97. The number of fused-ring (bicyclic) bond motifs is 2. The van der Waals surface area contributed by atoms with Crippen molar-refractivity contribution in [2.45, 2.75) is 50.2 Å². The van der Waals surface area contributed by atoms with E-state index >= 15 is 0 Å². The van der Waals surface area contributed by atoms with Crippen LogP contribution in [0.1, 0.15) is 38.5 Å². The Morgan fingerprint density at radius 1 is 1.31 bits per heavy atom. The first-order chi connectivity index (χ1) is 6.34. The second kappa shape index (κ2) is 2.57. The molecule has 0 radical (unpaired) electrons. The summed E-state index contributed by atoms with van der Waals surface area (Å²) in [4.78, 5) is 10.7. The minimum Gasteiger partial charge on any atom is -0.364 e. The molecule has 1 spiro atoms. The molecule has 3 rings (SSSR count). The Kier molecular flexibility index (Phi) is 1.58. The van der Waals surface area contributed by atoms with Crippen molar-refractivity contribution >= 4 is 6.29 Å². The van der Waals surface area contributed by atoms with E-state index in [1.54, 1.807) is 0 Å². The van der Waals surface area contributed by atoms with Gasteiger partial charge in [0.15, 0.2) is 0 Å². The summed E-state index contributed by atoms with van der Waals surface area (Å²) >= 11 is 0. The third-order valence-electron chi connectivity index (χ3n) is 4.16. The molecule has 0 aromatic carbocycles. The number of carbonyl (C=O) groups is 1. The first kappa shape index (κ1) is 7.98. The molecular weight excluding hydrogens is 164 g/mol. The fraction of sp³-hybridized carbons (Fsp3) is 0.909. The summed E-state index contributed by atoms with van der Waals surface area (Å²) in [6.07, 6.45) is 8.17. The van der Waals surface area contributed by atoms with Crippen LogP contribution in [0, 0.1) is 11.8 Å². The molecule has 2 heteroatoms. The molecule has 0 aromatic rings. The third-order valence-corrected chi connectivity index (χ3v) is 4.16. The van der Waals surface area contributed by atoms with E-state index in [4.69, 9.17) is 4.74 Å². The molecule has 4 unspecified atom stereocenters. The van der Waals surface area contributed by atoms with Crippen molar-refractivity contribution in [1.82, 2.24) is 0 Å². The molecule has 3 aliphatic rings. The lowest BCUT2D eigenvalue weighted by Gasteiger charge is -2.38.